The van der Waals surface area contributed by atoms with Gasteiger partial charge in [-0.3, -0.25) is 9.69 Å². The fraction of sp³-hybridized carbons (Fsp3) is 0.316. The maximum absolute atomic E-state index is 13.0. The molecule has 0 heterocycles. The Morgan fingerprint density at radius 3 is 2.62 bits per heavy atom. The van der Waals surface area contributed by atoms with E-state index in [0.717, 1.165) is 26.1 Å². The number of nitrogens with one attached hydrogen (secondary N) is 1. The van der Waals surface area contributed by atoms with Gasteiger partial charge in [0.15, 0.2) is 0 Å². The lowest BCUT2D eigenvalue weighted by atomic mass is 10.2. The van der Waals surface area contributed by atoms with Gasteiger partial charge in [-0.25, -0.2) is 4.39 Å². The Hall–Kier alpha value is -2.40. The van der Waals surface area contributed by atoms with Crippen LogP contribution >= 0.6 is 0 Å². The monoisotopic (exact) mass is 329 g/mol. The van der Waals surface area contributed by atoms with Crippen LogP contribution in [0.3, 0.4) is 0 Å². The minimum Gasteiger partial charge on any atom is -0.397 e. The third-order valence-corrected chi connectivity index (χ3v) is 3.86. The number of anilines is 2. The van der Waals surface area contributed by atoms with E-state index in [-0.39, 0.29) is 11.6 Å². The number of carbonyl (C=O) groups is 1. The highest BCUT2D eigenvalue weighted by molar-refractivity contribution is 5.93. The van der Waals surface area contributed by atoms with E-state index in [1.807, 2.05) is 18.2 Å². The summed E-state index contributed by atoms with van der Waals surface area (Å²) < 4.78 is 13.0. The smallest absolute Gasteiger partial charge is 0.224 e. The first-order chi connectivity index (χ1) is 11.6. The molecule has 4 nitrogen and oxygen atoms in total. The van der Waals surface area contributed by atoms with E-state index in [0.29, 0.717) is 12.1 Å². The van der Waals surface area contributed by atoms with Crippen molar-refractivity contribution >= 4 is 17.3 Å². The van der Waals surface area contributed by atoms with Crippen LogP contribution in [0.25, 0.3) is 0 Å². The number of benzene rings is 2. The number of hydrogen-bond acceptors (Lipinski definition) is 3. The van der Waals surface area contributed by atoms with Crippen LogP contribution in [-0.4, -0.2) is 23.9 Å². The molecule has 0 fully saturated rings. The standard InChI is InChI=1S/C19H24FN3O/c1-2-23(14-15-7-4-3-5-8-15)12-6-9-19(24)22-18-11-10-16(20)13-17(18)21/h3-5,7-8,10-11,13H,2,6,9,12,14,21H2,1H3,(H,22,24). The molecule has 0 aliphatic carbocycles. The molecular weight excluding hydrogens is 305 g/mol. The summed E-state index contributed by atoms with van der Waals surface area (Å²) in [6.07, 6.45) is 1.16. The van der Waals surface area contributed by atoms with Gasteiger partial charge in [-0.15, -0.1) is 0 Å². The van der Waals surface area contributed by atoms with E-state index in [1.54, 1.807) is 0 Å². The molecule has 5 heteroatoms. The zero-order valence-corrected chi connectivity index (χ0v) is 14.0. The van der Waals surface area contributed by atoms with E-state index in [2.05, 4.69) is 29.3 Å². The van der Waals surface area contributed by atoms with Gasteiger partial charge >= 0.3 is 0 Å². The molecule has 3 N–H and O–H groups in total. The van der Waals surface area contributed by atoms with E-state index in [9.17, 15) is 9.18 Å². The first-order valence-corrected chi connectivity index (χ1v) is 8.19. The van der Waals surface area contributed by atoms with Crippen molar-refractivity contribution in [3.63, 3.8) is 0 Å². The fourth-order valence-electron chi connectivity index (χ4n) is 2.51. The summed E-state index contributed by atoms with van der Waals surface area (Å²) in [4.78, 5) is 14.3. The molecule has 0 unspecified atom stereocenters. The van der Waals surface area contributed by atoms with Crippen LogP contribution in [0.4, 0.5) is 15.8 Å². The zero-order valence-electron chi connectivity index (χ0n) is 14.0. The largest absolute Gasteiger partial charge is 0.397 e. The highest BCUT2D eigenvalue weighted by atomic mass is 19.1. The van der Waals surface area contributed by atoms with Crippen molar-refractivity contribution in [2.24, 2.45) is 0 Å². The Kier molecular flexibility index (Phi) is 6.75. The van der Waals surface area contributed by atoms with Gasteiger partial charge in [0.25, 0.3) is 0 Å². The van der Waals surface area contributed by atoms with Crippen molar-refractivity contribution in [3.05, 3.63) is 59.9 Å². The maximum Gasteiger partial charge on any atom is 0.224 e. The minimum absolute atomic E-state index is 0.107. The highest BCUT2D eigenvalue weighted by Gasteiger charge is 2.08. The molecule has 24 heavy (non-hydrogen) atoms. The van der Waals surface area contributed by atoms with Crippen LogP contribution in [0.1, 0.15) is 25.3 Å². The van der Waals surface area contributed by atoms with Crippen molar-refractivity contribution in [1.29, 1.82) is 0 Å². The summed E-state index contributed by atoms with van der Waals surface area (Å²) in [5, 5.41) is 2.73. The van der Waals surface area contributed by atoms with Gasteiger partial charge in [0.05, 0.1) is 11.4 Å². The second-order valence-electron chi connectivity index (χ2n) is 5.74. The highest BCUT2D eigenvalue weighted by Crippen LogP contribution is 2.19. The zero-order chi connectivity index (χ0) is 17.4. The summed E-state index contributed by atoms with van der Waals surface area (Å²) in [7, 11) is 0. The molecule has 2 rings (SSSR count). The van der Waals surface area contributed by atoms with Gasteiger partial charge in [0.1, 0.15) is 5.82 Å². The Bertz CT molecular complexity index is 661. The Morgan fingerprint density at radius 2 is 1.96 bits per heavy atom. The SMILES string of the molecule is CCN(CCCC(=O)Nc1ccc(F)cc1N)Cc1ccccc1. The van der Waals surface area contributed by atoms with Crippen molar-refractivity contribution in [2.45, 2.75) is 26.3 Å². The van der Waals surface area contributed by atoms with Crippen molar-refractivity contribution < 1.29 is 9.18 Å². The first-order valence-electron chi connectivity index (χ1n) is 8.19. The molecule has 0 aliphatic rings. The summed E-state index contributed by atoms with van der Waals surface area (Å²) in [5.41, 5.74) is 7.65. The summed E-state index contributed by atoms with van der Waals surface area (Å²) in [5.74, 6) is -0.519. The molecular formula is C19H24FN3O. The Balaban J connectivity index is 1.76. The lowest BCUT2D eigenvalue weighted by Gasteiger charge is -2.20. The quantitative estimate of drug-likeness (QED) is 0.727. The van der Waals surface area contributed by atoms with Gasteiger partial charge in [0.2, 0.25) is 5.91 Å². The molecule has 1 amide bonds. The third-order valence-electron chi connectivity index (χ3n) is 3.86. The summed E-state index contributed by atoms with van der Waals surface area (Å²) in [6, 6.07) is 14.2. The number of carbonyl (C=O) groups excluding carboxylic acids is 1. The van der Waals surface area contributed by atoms with E-state index < -0.39 is 5.82 Å². The molecule has 0 aliphatic heterocycles. The molecule has 0 saturated heterocycles. The number of rotatable bonds is 8. The Morgan fingerprint density at radius 1 is 1.21 bits per heavy atom. The van der Waals surface area contributed by atoms with Gasteiger partial charge in [-0.1, -0.05) is 37.3 Å². The average Bonchev–Trinajstić information content (AvgIpc) is 2.57. The molecule has 2 aromatic rings. The van der Waals surface area contributed by atoms with Gasteiger partial charge in [0, 0.05) is 13.0 Å². The number of hydrogen-bond donors (Lipinski definition) is 2. The second-order valence-corrected chi connectivity index (χ2v) is 5.74. The molecule has 0 radical (unpaired) electrons. The van der Waals surface area contributed by atoms with Crippen LogP contribution in [0.5, 0.6) is 0 Å². The number of nitrogen functional groups attached to an aromatic ring is 1. The fourth-order valence-corrected chi connectivity index (χ4v) is 2.51. The first kappa shape index (κ1) is 17.9. The topological polar surface area (TPSA) is 58.4 Å². The second kappa shape index (κ2) is 9.03. The van der Waals surface area contributed by atoms with Crippen molar-refractivity contribution in [2.75, 3.05) is 24.1 Å². The van der Waals surface area contributed by atoms with Crippen LogP contribution < -0.4 is 11.1 Å². The summed E-state index contributed by atoms with van der Waals surface area (Å²) in [6.45, 7) is 4.77. The van der Waals surface area contributed by atoms with Crippen LogP contribution in [0, 0.1) is 5.82 Å². The maximum atomic E-state index is 13.0. The van der Waals surface area contributed by atoms with Gasteiger partial charge in [-0.05, 0) is 43.3 Å². The lowest BCUT2D eigenvalue weighted by Crippen LogP contribution is -2.25. The van der Waals surface area contributed by atoms with Crippen molar-refractivity contribution in [1.82, 2.24) is 4.90 Å². The molecule has 0 saturated carbocycles. The average molecular weight is 329 g/mol. The minimum atomic E-state index is -0.412. The molecule has 0 bridgehead atoms. The van der Waals surface area contributed by atoms with Gasteiger partial charge in [-0.2, -0.15) is 0 Å². The van der Waals surface area contributed by atoms with Gasteiger partial charge < -0.3 is 11.1 Å². The van der Waals surface area contributed by atoms with Crippen LogP contribution in [0.2, 0.25) is 0 Å². The number of nitrogens with zero attached hydrogens (tertiary/aromatic N) is 1. The van der Waals surface area contributed by atoms with Crippen molar-refractivity contribution in [3.8, 4) is 0 Å². The molecule has 0 atom stereocenters. The third kappa shape index (κ3) is 5.66. The Labute approximate surface area is 142 Å². The lowest BCUT2D eigenvalue weighted by molar-refractivity contribution is -0.116. The molecule has 0 aromatic heterocycles. The molecule has 2 aromatic carbocycles. The van der Waals surface area contributed by atoms with E-state index in [1.165, 1.54) is 23.8 Å². The number of halogens is 1. The molecule has 0 spiro atoms. The number of nitrogens with two attached hydrogens (primary N) is 1. The normalized spacial score (nSPS) is 10.8. The predicted molar refractivity (Wildman–Crippen MR) is 96.1 cm³/mol. The van der Waals surface area contributed by atoms with Crippen LogP contribution in [-0.2, 0) is 11.3 Å². The van der Waals surface area contributed by atoms with E-state index in [4.69, 9.17) is 5.73 Å². The predicted octanol–water partition coefficient (Wildman–Crippen LogP) is 3.65. The van der Waals surface area contributed by atoms with E-state index >= 15 is 0 Å². The summed E-state index contributed by atoms with van der Waals surface area (Å²) >= 11 is 0. The molecule has 128 valence electrons. The number of amides is 1. The van der Waals surface area contributed by atoms with Crippen LogP contribution in [0.15, 0.2) is 48.5 Å².